The molecule has 150 valence electrons. The van der Waals surface area contributed by atoms with Gasteiger partial charge in [-0.25, -0.2) is 4.98 Å². The van der Waals surface area contributed by atoms with E-state index in [1.807, 2.05) is 44.2 Å². The summed E-state index contributed by atoms with van der Waals surface area (Å²) in [7, 11) is 3.97. The maximum Gasteiger partial charge on any atom is 0.224 e. The first-order chi connectivity index (χ1) is 13.4. The Morgan fingerprint density at radius 3 is 2.68 bits per heavy atom. The molecule has 2 aromatic rings. The molecular formula is C21H28IN5O. The van der Waals surface area contributed by atoms with Crippen molar-refractivity contribution in [2.24, 2.45) is 5.92 Å². The number of benzene rings is 1. The highest BCUT2D eigenvalue weighted by Crippen LogP contribution is 2.27. The Morgan fingerprint density at radius 1 is 1.25 bits per heavy atom. The van der Waals surface area contributed by atoms with Crippen LogP contribution in [0, 0.1) is 16.4 Å². The second kappa shape index (κ2) is 9.54. The standard InChI is InChI=1S/C21H28IN5O/c1-14-12-24-21(26-19(14)27(2)3)25-18-9-7-16(8-10-18)20(28)23-13-15-5-4-6-17(22)11-15/h4-6,11-12,16,18H,7-10,13H2,1-3H3,(H,23,28)(H,24,25,26). The third kappa shape index (κ3) is 5.56. The van der Waals surface area contributed by atoms with Crippen LogP contribution in [0.4, 0.5) is 11.8 Å². The second-order valence-corrected chi connectivity index (χ2v) is 8.88. The fourth-order valence-corrected chi connectivity index (χ4v) is 4.23. The van der Waals surface area contributed by atoms with Crippen LogP contribution < -0.4 is 15.5 Å². The lowest BCUT2D eigenvalue weighted by Crippen LogP contribution is -2.36. The van der Waals surface area contributed by atoms with E-state index in [4.69, 9.17) is 0 Å². The van der Waals surface area contributed by atoms with Gasteiger partial charge >= 0.3 is 0 Å². The lowest BCUT2D eigenvalue weighted by atomic mass is 9.85. The highest BCUT2D eigenvalue weighted by atomic mass is 127. The summed E-state index contributed by atoms with van der Waals surface area (Å²) in [5.74, 6) is 1.86. The first kappa shape index (κ1) is 20.8. The molecule has 1 heterocycles. The smallest absolute Gasteiger partial charge is 0.224 e. The van der Waals surface area contributed by atoms with Gasteiger partial charge in [0.05, 0.1) is 0 Å². The minimum atomic E-state index is 0.0945. The quantitative estimate of drug-likeness (QED) is 0.601. The normalized spacial score (nSPS) is 19.1. The Labute approximate surface area is 180 Å². The van der Waals surface area contributed by atoms with Gasteiger partial charge in [-0.3, -0.25) is 4.79 Å². The molecule has 1 saturated carbocycles. The number of halogens is 1. The third-order valence-electron chi connectivity index (χ3n) is 5.16. The summed E-state index contributed by atoms with van der Waals surface area (Å²) in [6, 6.07) is 8.55. The first-order valence-corrected chi connectivity index (χ1v) is 10.8. The van der Waals surface area contributed by atoms with Crippen LogP contribution in [0.15, 0.2) is 30.5 Å². The number of amides is 1. The minimum Gasteiger partial charge on any atom is -0.362 e. The number of nitrogens with one attached hydrogen (secondary N) is 2. The molecule has 28 heavy (non-hydrogen) atoms. The highest BCUT2D eigenvalue weighted by Gasteiger charge is 2.26. The van der Waals surface area contributed by atoms with Crippen molar-refractivity contribution in [2.45, 2.75) is 45.2 Å². The number of aryl methyl sites for hydroxylation is 1. The van der Waals surface area contributed by atoms with Gasteiger partial charge in [0.1, 0.15) is 5.82 Å². The van der Waals surface area contributed by atoms with Gasteiger partial charge in [-0.2, -0.15) is 4.98 Å². The number of rotatable bonds is 6. The van der Waals surface area contributed by atoms with Crippen molar-refractivity contribution in [3.8, 4) is 0 Å². The Balaban J connectivity index is 1.47. The molecule has 0 radical (unpaired) electrons. The SMILES string of the molecule is Cc1cnc(NC2CCC(C(=O)NCc3cccc(I)c3)CC2)nc1N(C)C. The van der Waals surface area contributed by atoms with E-state index in [-0.39, 0.29) is 11.8 Å². The van der Waals surface area contributed by atoms with Gasteiger partial charge in [0, 0.05) is 47.9 Å². The largest absolute Gasteiger partial charge is 0.362 e. The zero-order valence-electron chi connectivity index (χ0n) is 16.7. The molecule has 1 aliphatic carbocycles. The number of nitrogens with zero attached hydrogens (tertiary/aromatic N) is 3. The molecular weight excluding hydrogens is 465 g/mol. The molecule has 0 bridgehead atoms. The van der Waals surface area contributed by atoms with Crippen molar-refractivity contribution >= 4 is 40.3 Å². The number of aromatic nitrogens is 2. The van der Waals surface area contributed by atoms with Crippen LogP contribution in [0.1, 0.15) is 36.8 Å². The summed E-state index contributed by atoms with van der Waals surface area (Å²) < 4.78 is 1.19. The van der Waals surface area contributed by atoms with E-state index < -0.39 is 0 Å². The van der Waals surface area contributed by atoms with E-state index in [9.17, 15) is 4.79 Å². The number of hydrogen-bond acceptors (Lipinski definition) is 5. The van der Waals surface area contributed by atoms with E-state index in [2.05, 4.69) is 55.3 Å². The zero-order chi connectivity index (χ0) is 20.1. The maximum absolute atomic E-state index is 12.5. The summed E-state index contributed by atoms with van der Waals surface area (Å²) in [5, 5.41) is 6.54. The molecule has 0 atom stereocenters. The first-order valence-electron chi connectivity index (χ1n) is 9.72. The van der Waals surface area contributed by atoms with Crippen LogP contribution in [0.3, 0.4) is 0 Å². The van der Waals surface area contributed by atoms with Crippen LogP contribution in [-0.4, -0.2) is 36.0 Å². The molecule has 1 fully saturated rings. The topological polar surface area (TPSA) is 70.1 Å². The average molecular weight is 493 g/mol. The predicted molar refractivity (Wildman–Crippen MR) is 121 cm³/mol. The molecule has 0 spiro atoms. The Morgan fingerprint density at radius 2 is 2.00 bits per heavy atom. The van der Waals surface area contributed by atoms with Crippen molar-refractivity contribution < 1.29 is 4.79 Å². The van der Waals surface area contributed by atoms with Crippen LogP contribution in [-0.2, 0) is 11.3 Å². The maximum atomic E-state index is 12.5. The Kier molecular flexibility index (Phi) is 7.09. The number of hydrogen-bond donors (Lipinski definition) is 2. The molecule has 0 unspecified atom stereocenters. The van der Waals surface area contributed by atoms with E-state index in [1.54, 1.807) is 0 Å². The summed E-state index contributed by atoms with van der Waals surface area (Å²) in [6.07, 6.45) is 5.55. The molecule has 1 amide bonds. The average Bonchev–Trinajstić information content (AvgIpc) is 2.68. The molecule has 1 aromatic heterocycles. The predicted octanol–water partition coefficient (Wildman–Crippen LogP) is 3.74. The van der Waals surface area contributed by atoms with Crippen molar-refractivity contribution in [1.82, 2.24) is 15.3 Å². The number of carbonyl (C=O) groups excluding carboxylic acids is 1. The van der Waals surface area contributed by atoms with E-state index in [0.29, 0.717) is 18.5 Å². The summed E-state index contributed by atoms with van der Waals surface area (Å²) in [5.41, 5.74) is 2.20. The van der Waals surface area contributed by atoms with E-state index >= 15 is 0 Å². The summed E-state index contributed by atoms with van der Waals surface area (Å²) in [4.78, 5) is 23.5. The van der Waals surface area contributed by atoms with Crippen molar-refractivity contribution in [1.29, 1.82) is 0 Å². The fraction of sp³-hybridized carbons (Fsp3) is 0.476. The molecule has 2 N–H and O–H groups in total. The number of carbonyl (C=O) groups is 1. The summed E-state index contributed by atoms with van der Waals surface area (Å²) >= 11 is 2.29. The van der Waals surface area contributed by atoms with Crippen molar-refractivity contribution in [2.75, 3.05) is 24.3 Å². The van der Waals surface area contributed by atoms with Crippen LogP contribution >= 0.6 is 22.6 Å². The molecule has 3 rings (SSSR count). The molecule has 6 nitrogen and oxygen atoms in total. The van der Waals surface area contributed by atoms with E-state index in [1.165, 1.54) is 3.57 Å². The lowest BCUT2D eigenvalue weighted by Gasteiger charge is -2.28. The van der Waals surface area contributed by atoms with Crippen molar-refractivity contribution in [3.05, 3.63) is 45.2 Å². The third-order valence-corrected chi connectivity index (χ3v) is 5.83. The van der Waals surface area contributed by atoms with E-state index in [0.717, 1.165) is 42.6 Å². The molecule has 1 aromatic carbocycles. The zero-order valence-corrected chi connectivity index (χ0v) is 18.9. The highest BCUT2D eigenvalue weighted by molar-refractivity contribution is 14.1. The second-order valence-electron chi connectivity index (χ2n) is 7.64. The lowest BCUT2D eigenvalue weighted by molar-refractivity contribution is -0.126. The fourth-order valence-electron chi connectivity index (χ4n) is 3.62. The van der Waals surface area contributed by atoms with Gasteiger partial charge < -0.3 is 15.5 Å². The summed E-state index contributed by atoms with van der Waals surface area (Å²) in [6.45, 7) is 2.61. The van der Waals surface area contributed by atoms with Gasteiger partial charge in [0.15, 0.2) is 0 Å². The monoisotopic (exact) mass is 493 g/mol. The Hall–Kier alpha value is -1.90. The molecule has 1 aliphatic rings. The van der Waals surface area contributed by atoms with Crippen molar-refractivity contribution in [3.63, 3.8) is 0 Å². The number of anilines is 2. The van der Waals surface area contributed by atoms with Crippen LogP contribution in [0.2, 0.25) is 0 Å². The molecule has 0 aliphatic heterocycles. The Bertz CT molecular complexity index is 818. The molecule has 7 heteroatoms. The van der Waals surface area contributed by atoms with Gasteiger partial charge in [-0.05, 0) is 72.9 Å². The van der Waals surface area contributed by atoms with Crippen LogP contribution in [0.5, 0.6) is 0 Å². The van der Waals surface area contributed by atoms with Gasteiger partial charge in [-0.1, -0.05) is 12.1 Å². The molecule has 0 saturated heterocycles. The van der Waals surface area contributed by atoms with Gasteiger partial charge in [-0.15, -0.1) is 0 Å². The van der Waals surface area contributed by atoms with Gasteiger partial charge in [0.2, 0.25) is 11.9 Å². The van der Waals surface area contributed by atoms with Gasteiger partial charge in [0.25, 0.3) is 0 Å². The van der Waals surface area contributed by atoms with Crippen LogP contribution in [0.25, 0.3) is 0 Å². The minimum absolute atomic E-state index is 0.0945.